The molecule has 1 heterocycles. The van der Waals surface area contributed by atoms with Crippen molar-refractivity contribution in [3.05, 3.63) is 59.8 Å². The molecule has 1 aromatic heterocycles. The van der Waals surface area contributed by atoms with Crippen molar-refractivity contribution in [3.8, 4) is 11.3 Å². The number of hydrogen-bond donors (Lipinski definition) is 2. The molecule has 0 saturated heterocycles. The molecule has 0 spiro atoms. The Morgan fingerprint density at radius 1 is 1.04 bits per heavy atom. The van der Waals surface area contributed by atoms with Crippen molar-refractivity contribution in [1.82, 2.24) is 15.2 Å². The molecule has 0 unspecified atom stereocenters. The average molecular weight is 349 g/mol. The third-order valence-electron chi connectivity index (χ3n) is 4.86. The van der Waals surface area contributed by atoms with Gasteiger partial charge in [0.25, 0.3) is 5.91 Å². The summed E-state index contributed by atoms with van der Waals surface area (Å²) >= 11 is 0. The van der Waals surface area contributed by atoms with E-state index in [9.17, 15) is 4.79 Å². The van der Waals surface area contributed by atoms with Gasteiger partial charge in [-0.05, 0) is 31.6 Å². The van der Waals surface area contributed by atoms with E-state index in [1.807, 2.05) is 24.3 Å². The highest BCUT2D eigenvalue weighted by atomic mass is 16.1. The Balaban J connectivity index is 1.90. The molecule has 0 aliphatic heterocycles. The zero-order valence-corrected chi connectivity index (χ0v) is 15.8. The minimum absolute atomic E-state index is 0.0480. The van der Waals surface area contributed by atoms with E-state index in [0.29, 0.717) is 12.2 Å². The number of aromatic nitrogens is 1. The Hall–Kier alpha value is -2.59. The number of aromatic amines is 1. The zero-order valence-electron chi connectivity index (χ0n) is 15.8. The van der Waals surface area contributed by atoms with Gasteiger partial charge in [-0.3, -0.25) is 4.79 Å². The third kappa shape index (κ3) is 3.81. The Labute approximate surface area is 155 Å². The molecular weight excluding hydrogens is 322 g/mol. The summed E-state index contributed by atoms with van der Waals surface area (Å²) in [6.07, 6.45) is 0. The first-order chi connectivity index (χ1) is 12.6. The van der Waals surface area contributed by atoms with Crippen LogP contribution in [0, 0.1) is 6.92 Å². The van der Waals surface area contributed by atoms with Gasteiger partial charge in [-0.1, -0.05) is 61.9 Å². The molecule has 1 amide bonds. The average Bonchev–Trinajstić information content (AvgIpc) is 3.04. The number of nitrogens with one attached hydrogen (secondary N) is 2. The Bertz CT molecular complexity index is 879. The molecule has 26 heavy (non-hydrogen) atoms. The van der Waals surface area contributed by atoms with E-state index < -0.39 is 0 Å². The van der Waals surface area contributed by atoms with Crippen molar-refractivity contribution < 1.29 is 4.79 Å². The van der Waals surface area contributed by atoms with E-state index >= 15 is 0 Å². The Morgan fingerprint density at radius 3 is 2.46 bits per heavy atom. The number of benzene rings is 2. The fourth-order valence-electron chi connectivity index (χ4n) is 3.31. The Morgan fingerprint density at radius 2 is 1.77 bits per heavy atom. The standard InChI is InChI=1S/C22H27N3O/c1-4-25(5-2)14-13-23-22(26)21-18-12-11-16(3)15-19(18)20(24-21)17-9-7-6-8-10-17/h6-12,15,24H,4-5,13-14H2,1-3H3,(H,23,26). The summed E-state index contributed by atoms with van der Waals surface area (Å²) in [7, 11) is 0. The molecule has 2 N–H and O–H groups in total. The lowest BCUT2D eigenvalue weighted by molar-refractivity contribution is 0.0946. The maximum Gasteiger partial charge on any atom is 0.268 e. The fraction of sp³-hybridized carbons (Fsp3) is 0.318. The van der Waals surface area contributed by atoms with Crippen LogP contribution in [0.15, 0.2) is 48.5 Å². The van der Waals surface area contributed by atoms with E-state index in [1.165, 1.54) is 5.56 Å². The molecular formula is C22H27N3O. The van der Waals surface area contributed by atoms with Gasteiger partial charge in [0.2, 0.25) is 0 Å². The largest absolute Gasteiger partial charge is 0.350 e. The van der Waals surface area contributed by atoms with Crippen LogP contribution in [-0.4, -0.2) is 42.0 Å². The summed E-state index contributed by atoms with van der Waals surface area (Å²) in [5.74, 6) is -0.0480. The normalized spacial score (nSPS) is 11.2. The quantitative estimate of drug-likeness (QED) is 0.671. The lowest BCUT2D eigenvalue weighted by Gasteiger charge is -2.17. The topological polar surface area (TPSA) is 48.1 Å². The first-order valence-corrected chi connectivity index (χ1v) is 9.32. The lowest BCUT2D eigenvalue weighted by Crippen LogP contribution is -2.35. The van der Waals surface area contributed by atoms with Crippen LogP contribution in [0.2, 0.25) is 0 Å². The van der Waals surface area contributed by atoms with Crippen molar-refractivity contribution >= 4 is 16.7 Å². The van der Waals surface area contributed by atoms with Crippen LogP contribution in [0.3, 0.4) is 0 Å². The first kappa shape index (κ1) is 18.2. The molecule has 0 atom stereocenters. The molecule has 3 aromatic rings. The number of nitrogens with zero attached hydrogens (tertiary/aromatic N) is 1. The van der Waals surface area contributed by atoms with Crippen molar-refractivity contribution in [3.63, 3.8) is 0 Å². The molecule has 2 aromatic carbocycles. The smallest absolute Gasteiger partial charge is 0.268 e. The number of fused-ring (bicyclic) bond motifs is 1. The molecule has 136 valence electrons. The second-order valence-corrected chi connectivity index (χ2v) is 6.57. The third-order valence-corrected chi connectivity index (χ3v) is 4.86. The maximum absolute atomic E-state index is 12.8. The number of carbonyl (C=O) groups is 1. The second kappa shape index (κ2) is 8.19. The highest BCUT2D eigenvalue weighted by Gasteiger charge is 2.17. The van der Waals surface area contributed by atoms with Crippen molar-refractivity contribution in [2.24, 2.45) is 0 Å². The van der Waals surface area contributed by atoms with Crippen molar-refractivity contribution in [2.45, 2.75) is 20.8 Å². The van der Waals surface area contributed by atoms with Gasteiger partial charge >= 0.3 is 0 Å². The SMILES string of the molecule is CCN(CC)CCNC(=O)c1[nH]c(-c2ccccc2)c2cc(C)ccc12. The van der Waals surface area contributed by atoms with Gasteiger partial charge in [-0.15, -0.1) is 0 Å². The van der Waals surface area contributed by atoms with Crippen LogP contribution in [0.5, 0.6) is 0 Å². The number of amides is 1. The number of aryl methyl sites for hydroxylation is 1. The summed E-state index contributed by atoms with van der Waals surface area (Å²) in [6, 6.07) is 16.4. The first-order valence-electron chi connectivity index (χ1n) is 9.32. The zero-order chi connectivity index (χ0) is 18.5. The summed E-state index contributed by atoms with van der Waals surface area (Å²) < 4.78 is 0. The van der Waals surface area contributed by atoms with E-state index in [1.54, 1.807) is 0 Å². The number of likely N-dealkylation sites (N-methyl/N-ethyl adjacent to an activating group) is 1. The summed E-state index contributed by atoms with van der Waals surface area (Å²) in [5.41, 5.74) is 3.91. The summed E-state index contributed by atoms with van der Waals surface area (Å²) in [4.78, 5) is 18.5. The molecule has 0 saturated carbocycles. The molecule has 0 fully saturated rings. The van der Waals surface area contributed by atoms with Crippen LogP contribution in [0.25, 0.3) is 22.0 Å². The van der Waals surface area contributed by atoms with E-state index in [-0.39, 0.29) is 5.91 Å². The lowest BCUT2D eigenvalue weighted by atomic mass is 10.0. The van der Waals surface area contributed by atoms with Gasteiger partial charge in [0, 0.05) is 23.9 Å². The van der Waals surface area contributed by atoms with Crippen LogP contribution < -0.4 is 5.32 Å². The van der Waals surface area contributed by atoms with Crippen LogP contribution in [0.4, 0.5) is 0 Å². The molecule has 0 bridgehead atoms. The minimum atomic E-state index is -0.0480. The fourth-order valence-corrected chi connectivity index (χ4v) is 3.31. The predicted molar refractivity (Wildman–Crippen MR) is 109 cm³/mol. The molecule has 3 rings (SSSR count). The van der Waals surface area contributed by atoms with E-state index in [4.69, 9.17) is 0 Å². The molecule has 0 aliphatic carbocycles. The second-order valence-electron chi connectivity index (χ2n) is 6.57. The minimum Gasteiger partial charge on any atom is -0.350 e. The van der Waals surface area contributed by atoms with Gasteiger partial charge in [-0.2, -0.15) is 0 Å². The number of hydrogen-bond acceptors (Lipinski definition) is 2. The van der Waals surface area contributed by atoms with Crippen LogP contribution >= 0.6 is 0 Å². The number of rotatable bonds is 7. The molecule has 4 heteroatoms. The highest BCUT2D eigenvalue weighted by molar-refractivity contribution is 6.10. The van der Waals surface area contributed by atoms with Gasteiger partial charge in [0.15, 0.2) is 0 Å². The molecule has 0 radical (unpaired) electrons. The van der Waals surface area contributed by atoms with E-state index in [0.717, 1.165) is 41.7 Å². The number of H-pyrrole nitrogens is 1. The number of carbonyl (C=O) groups excluding carboxylic acids is 1. The summed E-state index contributed by atoms with van der Waals surface area (Å²) in [6.45, 7) is 9.85. The molecule has 4 nitrogen and oxygen atoms in total. The van der Waals surface area contributed by atoms with Gasteiger partial charge in [0.05, 0.1) is 5.69 Å². The van der Waals surface area contributed by atoms with Crippen LogP contribution in [-0.2, 0) is 0 Å². The monoisotopic (exact) mass is 349 g/mol. The Kier molecular flexibility index (Phi) is 5.74. The van der Waals surface area contributed by atoms with Gasteiger partial charge in [0.1, 0.15) is 5.69 Å². The van der Waals surface area contributed by atoms with Gasteiger partial charge < -0.3 is 15.2 Å². The summed E-state index contributed by atoms with van der Waals surface area (Å²) in [5, 5.41) is 5.11. The van der Waals surface area contributed by atoms with E-state index in [2.05, 4.69) is 60.2 Å². The maximum atomic E-state index is 12.8. The van der Waals surface area contributed by atoms with Crippen LogP contribution in [0.1, 0.15) is 29.9 Å². The van der Waals surface area contributed by atoms with Crippen molar-refractivity contribution in [1.29, 1.82) is 0 Å². The molecule has 0 aliphatic rings. The van der Waals surface area contributed by atoms with Crippen molar-refractivity contribution in [2.75, 3.05) is 26.2 Å². The predicted octanol–water partition coefficient (Wildman–Crippen LogP) is 4.21. The highest BCUT2D eigenvalue weighted by Crippen LogP contribution is 2.31. The van der Waals surface area contributed by atoms with Gasteiger partial charge in [-0.25, -0.2) is 0 Å².